The normalized spacial score (nSPS) is 22.7. The maximum atomic E-state index is 12.1. The molecule has 2 atom stereocenters. The summed E-state index contributed by atoms with van der Waals surface area (Å²) in [6.07, 6.45) is 1.67. The molecule has 100 valence electrons. The van der Waals surface area contributed by atoms with Crippen LogP contribution in [0.15, 0.2) is 24.3 Å². The molecule has 1 aromatic carbocycles. The summed E-state index contributed by atoms with van der Waals surface area (Å²) < 4.78 is 0. The molecular formula is C14H18N4O. The molecule has 0 bridgehead atoms. The number of nitrogens with one attached hydrogen (secondary N) is 1. The van der Waals surface area contributed by atoms with Gasteiger partial charge < -0.3 is 16.0 Å². The Morgan fingerprint density at radius 2 is 2.16 bits per heavy atom. The van der Waals surface area contributed by atoms with E-state index in [-0.39, 0.29) is 18.1 Å². The SMILES string of the molecule is CC1CC(N)CCN1C(=O)Nc1ccc(C#N)cc1. The predicted octanol–water partition coefficient (Wildman–Crippen LogP) is 1.90. The molecule has 0 spiro atoms. The van der Waals surface area contributed by atoms with Crippen molar-refractivity contribution in [2.75, 3.05) is 11.9 Å². The van der Waals surface area contributed by atoms with Crippen LogP contribution in [0, 0.1) is 11.3 Å². The Morgan fingerprint density at radius 1 is 1.47 bits per heavy atom. The summed E-state index contributed by atoms with van der Waals surface area (Å²) in [5, 5.41) is 11.6. The van der Waals surface area contributed by atoms with E-state index in [9.17, 15) is 4.79 Å². The predicted molar refractivity (Wildman–Crippen MR) is 73.6 cm³/mol. The van der Waals surface area contributed by atoms with Gasteiger partial charge in [0.25, 0.3) is 0 Å². The molecule has 1 saturated heterocycles. The molecule has 0 aliphatic carbocycles. The summed E-state index contributed by atoms with van der Waals surface area (Å²) in [4.78, 5) is 14.0. The lowest BCUT2D eigenvalue weighted by Crippen LogP contribution is -2.49. The number of nitrogens with two attached hydrogens (primary N) is 1. The van der Waals surface area contributed by atoms with Crippen molar-refractivity contribution in [1.29, 1.82) is 5.26 Å². The van der Waals surface area contributed by atoms with Crippen molar-refractivity contribution >= 4 is 11.7 Å². The van der Waals surface area contributed by atoms with E-state index >= 15 is 0 Å². The highest BCUT2D eigenvalue weighted by Crippen LogP contribution is 2.18. The van der Waals surface area contributed by atoms with Gasteiger partial charge >= 0.3 is 6.03 Å². The van der Waals surface area contributed by atoms with Gasteiger partial charge in [-0.1, -0.05) is 0 Å². The topological polar surface area (TPSA) is 82.2 Å². The van der Waals surface area contributed by atoms with E-state index in [1.54, 1.807) is 24.3 Å². The molecule has 2 rings (SSSR count). The first-order chi connectivity index (χ1) is 9.10. The first-order valence-corrected chi connectivity index (χ1v) is 6.43. The minimum atomic E-state index is -0.107. The molecule has 2 amide bonds. The third kappa shape index (κ3) is 3.24. The fraction of sp³-hybridized carbons (Fsp3) is 0.429. The molecule has 0 aromatic heterocycles. The number of benzene rings is 1. The zero-order chi connectivity index (χ0) is 13.8. The Bertz CT molecular complexity index is 491. The number of amides is 2. The van der Waals surface area contributed by atoms with Gasteiger partial charge in [0.2, 0.25) is 0 Å². The van der Waals surface area contributed by atoms with Gasteiger partial charge in [0.1, 0.15) is 0 Å². The Morgan fingerprint density at radius 3 is 2.74 bits per heavy atom. The van der Waals surface area contributed by atoms with Crippen LogP contribution < -0.4 is 11.1 Å². The number of carbonyl (C=O) groups is 1. The van der Waals surface area contributed by atoms with Crippen molar-refractivity contribution in [2.24, 2.45) is 5.73 Å². The third-order valence-electron chi connectivity index (χ3n) is 3.44. The molecule has 3 N–H and O–H groups in total. The van der Waals surface area contributed by atoms with Crippen LogP contribution in [0.1, 0.15) is 25.3 Å². The second-order valence-electron chi connectivity index (χ2n) is 4.95. The zero-order valence-corrected chi connectivity index (χ0v) is 11.0. The summed E-state index contributed by atoms with van der Waals surface area (Å²) >= 11 is 0. The number of anilines is 1. The van der Waals surface area contributed by atoms with E-state index in [1.165, 1.54) is 0 Å². The van der Waals surface area contributed by atoms with Gasteiger partial charge in [0.05, 0.1) is 11.6 Å². The fourth-order valence-electron chi connectivity index (χ4n) is 2.33. The Kier molecular flexibility index (Phi) is 4.03. The average molecular weight is 258 g/mol. The standard InChI is InChI=1S/C14H18N4O/c1-10-8-12(16)6-7-18(10)14(19)17-13-4-2-11(9-15)3-5-13/h2-5,10,12H,6-8,16H2,1H3,(H,17,19). The zero-order valence-electron chi connectivity index (χ0n) is 11.0. The maximum Gasteiger partial charge on any atom is 0.322 e. The van der Waals surface area contributed by atoms with Crippen molar-refractivity contribution in [1.82, 2.24) is 4.90 Å². The van der Waals surface area contributed by atoms with Gasteiger partial charge in [-0.25, -0.2) is 4.79 Å². The van der Waals surface area contributed by atoms with E-state index in [1.807, 2.05) is 17.9 Å². The highest BCUT2D eigenvalue weighted by atomic mass is 16.2. The lowest BCUT2D eigenvalue weighted by atomic mass is 10.00. The number of carbonyl (C=O) groups excluding carboxylic acids is 1. The molecule has 0 saturated carbocycles. The average Bonchev–Trinajstić information content (AvgIpc) is 2.39. The lowest BCUT2D eigenvalue weighted by molar-refractivity contribution is 0.163. The Hall–Kier alpha value is -2.06. The highest BCUT2D eigenvalue weighted by molar-refractivity contribution is 5.89. The maximum absolute atomic E-state index is 12.1. The Labute approximate surface area is 113 Å². The van der Waals surface area contributed by atoms with Crippen LogP contribution in [-0.2, 0) is 0 Å². The molecule has 1 aliphatic rings. The van der Waals surface area contributed by atoms with Crippen molar-refractivity contribution in [3.8, 4) is 6.07 Å². The molecule has 19 heavy (non-hydrogen) atoms. The lowest BCUT2D eigenvalue weighted by Gasteiger charge is -2.36. The summed E-state index contributed by atoms with van der Waals surface area (Å²) in [7, 11) is 0. The molecule has 5 nitrogen and oxygen atoms in total. The van der Waals surface area contributed by atoms with Crippen LogP contribution in [0.25, 0.3) is 0 Å². The summed E-state index contributed by atoms with van der Waals surface area (Å²) in [6, 6.07) is 9.12. The van der Waals surface area contributed by atoms with Gasteiger partial charge in [0.15, 0.2) is 0 Å². The van der Waals surface area contributed by atoms with Crippen molar-refractivity contribution in [3.63, 3.8) is 0 Å². The third-order valence-corrected chi connectivity index (χ3v) is 3.44. The minimum Gasteiger partial charge on any atom is -0.328 e. The number of likely N-dealkylation sites (tertiary alicyclic amines) is 1. The summed E-state index contributed by atoms with van der Waals surface area (Å²) in [6.45, 7) is 2.70. The van der Waals surface area contributed by atoms with Crippen molar-refractivity contribution in [3.05, 3.63) is 29.8 Å². The first kappa shape index (κ1) is 13.4. The number of rotatable bonds is 1. The monoisotopic (exact) mass is 258 g/mol. The largest absolute Gasteiger partial charge is 0.328 e. The second kappa shape index (κ2) is 5.72. The number of hydrogen-bond acceptors (Lipinski definition) is 3. The molecule has 1 heterocycles. The highest BCUT2D eigenvalue weighted by Gasteiger charge is 2.26. The molecule has 5 heteroatoms. The van der Waals surface area contributed by atoms with E-state index in [0.29, 0.717) is 17.8 Å². The second-order valence-corrected chi connectivity index (χ2v) is 4.95. The van der Waals surface area contributed by atoms with Crippen LogP contribution in [-0.4, -0.2) is 29.6 Å². The van der Waals surface area contributed by atoms with Crippen LogP contribution in [0.5, 0.6) is 0 Å². The molecular weight excluding hydrogens is 240 g/mol. The summed E-state index contributed by atoms with van der Waals surface area (Å²) in [5.41, 5.74) is 7.16. The van der Waals surface area contributed by atoms with E-state index in [4.69, 9.17) is 11.0 Å². The number of hydrogen-bond donors (Lipinski definition) is 2. The van der Waals surface area contributed by atoms with Gasteiger partial charge in [0, 0.05) is 24.3 Å². The van der Waals surface area contributed by atoms with Gasteiger partial charge in [-0.3, -0.25) is 0 Å². The number of nitrogens with zero attached hydrogens (tertiary/aromatic N) is 2. The molecule has 1 fully saturated rings. The van der Waals surface area contributed by atoms with E-state index in [2.05, 4.69) is 5.32 Å². The van der Waals surface area contributed by atoms with Crippen LogP contribution in [0.4, 0.5) is 10.5 Å². The van der Waals surface area contributed by atoms with Crippen molar-refractivity contribution < 1.29 is 4.79 Å². The van der Waals surface area contributed by atoms with Gasteiger partial charge in [-0.2, -0.15) is 5.26 Å². The first-order valence-electron chi connectivity index (χ1n) is 6.43. The van der Waals surface area contributed by atoms with Crippen LogP contribution >= 0.6 is 0 Å². The quantitative estimate of drug-likeness (QED) is 0.807. The molecule has 0 radical (unpaired) electrons. The van der Waals surface area contributed by atoms with Gasteiger partial charge in [-0.05, 0) is 44.0 Å². The number of urea groups is 1. The van der Waals surface area contributed by atoms with Gasteiger partial charge in [-0.15, -0.1) is 0 Å². The van der Waals surface area contributed by atoms with Crippen molar-refractivity contribution in [2.45, 2.75) is 31.8 Å². The van der Waals surface area contributed by atoms with E-state index < -0.39 is 0 Å². The number of nitriles is 1. The van der Waals surface area contributed by atoms with Crippen LogP contribution in [0.2, 0.25) is 0 Å². The Balaban J connectivity index is 1.98. The summed E-state index contributed by atoms with van der Waals surface area (Å²) in [5.74, 6) is 0. The smallest absolute Gasteiger partial charge is 0.322 e. The fourth-order valence-corrected chi connectivity index (χ4v) is 2.33. The molecule has 1 aliphatic heterocycles. The van der Waals surface area contributed by atoms with E-state index in [0.717, 1.165) is 12.8 Å². The number of piperidine rings is 1. The molecule has 1 aromatic rings. The minimum absolute atomic E-state index is 0.107. The van der Waals surface area contributed by atoms with Crippen LogP contribution in [0.3, 0.4) is 0 Å². The molecule has 2 unspecified atom stereocenters.